The molecule has 0 aromatic heterocycles. The summed E-state index contributed by atoms with van der Waals surface area (Å²) in [6.45, 7) is 8.92. The quantitative estimate of drug-likeness (QED) is 0.673. The van der Waals surface area contributed by atoms with Crippen molar-refractivity contribution in [1.29, 1.82) is 5.26 Å². The molecule has 2 atom stereocenters. The molecule has 0 fully saturated rings. The predicted molar refractivity (Wildman–Crippen MR) is 62.1 cm³/mol. The Balaban J connectivity index is 2.63. The monoisotopic (exact) mass is 199 g/mol. The van der Waals surface area contributed by atoms with Gasteiger partial charge in [0.25, 0.3) is 0 Å². The topological polar surface area (TPSA) is 23.8 Å². The van der Waals surface area contributed by atoms with E-state index in [1.807, 2.05) is 6.07 Å². The van der Waals surface area contributed by atoms with Crippen LogP contribution < -0.4 is 0 Å². The second kappa shape index (κ2) is 3.38. The van der Waals surface area contributed by atoms with Gasteiger partial charge < -0.3 is 0 Å². The SMILES string of the molecule is CC(C)c1ccc(C#N)c2c1C(C)C2C. The summed E-state index contributed by atoms with van der Waals surface area (Å²) in [5, 5.41) is 9.06. The van der Waals surface area contributed by atoms with E-state index < -0.39 is 0 Å². The maximum atomic E-state index is 9.06. The van der Waals surface area contributed by atoms with E-state index >= 15 is 0 Å². The first-order valence-electron chi connectivity index (χ1n) is 5.64. The lowest BCUT2D eigenvalue weighted by atomic mass is 9.65. The second-order valence-corrected chi connectivity index (χ2v) is 4.87. The number of fused-ring (bicyclic) bond motifs is 1. The van der Waals surface area contributed by atoms with Gasteiger partial charge in [0.15, 0.2) is 0 Å². The lowest BCUT2D eigenvalue weighted by Gasteiger charge is -2.38. The third-order valence-electron chi connectivity index (χ3n) is 3.72. The summed E-state index contributed by atoms with van der Waals surface area (Å²) >= 11 is 0. The Morgan fingerprint density at radius 3 is 2.27 bits per heavy atom. The van der Waals surface area contributed by atoms with Gasteiger partial charge in [0, 0.05) is 0 Å². The highest BCUT2D eigenvalue weighted by Crippen LogP contribution is 2.50. The molecule has 0 bridgehead atoms. The van der Waals surface area contributed by atoms with Crippen LogP contribution in [0.5, 0.6) is 0 Å². The molecule has 15 heavy (non-hydrogen) atoms. The maximum Gasteiger partial charge on any atom is 0.0994 e. The number of rotatable bonds is 1. The van der Waals surface area contributed by atoms with Crippen LogP contribution in [0.3, 0.4) is 0 Å². The van der Waals surface area contributed by atoms with Crippen molar-refractivity contribution in [2.45, 2.75) is 45.4 Å². The Hall–Kier alpha value is -1.29. The summed E-state index contributed by atoms with van der Waals surface area (Å²) < 4.78 is 0. The van der Waals surface area contributed by atoms with Crippen LogP contribution in [-0.4, -0.2) is 0 Å². The van der Waals surface area contributed by atoms with Crippen LogP contribution in [0.25, 0.3) is 0 Å². The fourth-order valence-corrected chi connectivity index (χ4v) is 2.66. The number of nitrogens with zero attached hydrogens (tertiary/aromatic N) is 1. The van der Waals surface area contributed by atoms with Crippen molar-refractivity contribution < 1.29 is 0 Å². The van der Waals surface area contributed by atoms with Crippen molar-refractivity contribution in [3.8, 4) is 6.07 Å². The van der Waals surface area contributed by atoms with E-state index in [1.54, 1.807) is 0 Å². The molecule has 0 radical (unpaired) electrons. The number of hydrogen-bond donors (Lipinski definition) is 0. The summed E-state index contributed by atoms with van der Waals surface area (Å²) in [5.74, 6) is 1.72. The smallest absolute Gasteiger partial charge is 0.0994 e. The van der Waals surface area contributed by atoms with Crippen molar-refractivity contribution in [3.63, 3.8) is 0 Å². The van der Waals surface area contributed by atoms with Crippen LogP contribution in [0, 0.1) is 11.3 Å². The number of hydrogen-bond acceptors (Lipinski definition) is 1. The first-order valence-corrected chi connectivity index (χ1v) is 5.64. The molecule has 0 saturated heterocycles. The van der Waals surface area contributed by atoms with E-state index in [0.29, 0.717) is 17.8 Å². The van der Waals surface area contributed by atoms with Gasteiger partial charge in [0.1, 0.15) is 0 Å². The Morgan fingerprint density at radius 1 is 1.13 bits per heavy atom. The summed E-state index contributed by atoms with van der Waals surface area (Å²) in [6.07, 6.45) is 0. The highest BCUT2D eigenvalue weighted by molar-refractivity contribution is 5.57. The first-order chi connectivity index (χ1) is 7.07. The van der Waals surface area contributed by atoms with Gasteiger partial charge in [-0.15, -0.1) is 0 Å². The van der Waals surface area contributed by atoms with E-state index in [1.165, 1.54) is 16.7 Å². The molecule has 0 amide bonds. The van der Waals surface area contributed by atoms with Crippen LogP contribution in [0.4, 0.5) is 0 Å². The zero-order chi connectivity index (χ0) is 11.2. The molecule has 1 aromatic carbocycles. The summed E-state index contributed by atoms with van der Waals surface area (Å²) in [5.41, 5.74) is 5.04. The summed E-state index contributed by atoms with van der Waals surface area (Å²) in [7, 11) is 0. The van der Waals surface area contributed by atoms with E-state index in [-0.39, 0.29) is 0 Å². The molecule has 1 aromatic rings. The van der Waals surface area contributed by atoms with Crippen molar-refractivity contribution in [2.24, 2.45) is 0 Å². The van der Waals surface area contributed by atoms with E-state index in [2.05, 4.69) is 39.8 Å². The highest BCUT2D eigenvalue weighted by Gasteiger charge is 2.35. The molecule has 78 valence electrons. The van der Waals surface area contributed by atoms with Gasteiger partial charge in [-0.1, -0.05) is 33.8 Å². The summed E-state index contributed by atoms with van der Waals surface area (Å²) in [6, 6.07) is 6.42. The van der Waals surface area contributed by atoms with Gasteiger partial charge in [-0.2, -0.15) is 5.26 Å². The second-order valence-electron chi connectivity index (χ2n) is 4.87. The molecule has 2 rings (SSSR count). The molecule has 0 saturated carbocycles. The average molecular weight is 199 g/mol. The lowest BCUT2D eigenvalue weighted by molar-refractivity contribution is 0.529. The maximum absolute atomic E-state index is 9.06. The van der Waals surface area contributed by atoms with Gasteiger partial charge in [-0.05, 0) is 40.5 Å². The molecule has 0 spiro atoms. The Bertz CT molecular complexity index is 437. The van der Waals surface area contributed by atoms with Gasteiger partial charge in [-0.3, -0.25) is 0 Å². The molecule has 0 N–H and O–H groups in total. The zero-order valence-electron chi connectivity index (χ0n) is 9.83. The first kappa shape index (κ1) is 10.2. The highest BCUT2D eigenvalue weighted by atomic mass is 14.4. The van der Waals surface area contributed by atoms with Crippen molar-refractivity contribution in [3.05, 3.63) is 34.4 Å². The van der Waals surface area contributed by atoms with Crippen LogP contribution >= 0.6 is 0 Å². The minimum atomic E-state index is 0.549. The van der Waals surface area contributed by atoms with Gasteiger partial charge in [-0.25, -0.2) is 0 Å². The number of benzene rings is 1. The van der Waals surface area contributed by atoms with Crippen LogP contribution in [-0.2, 0) is 0 Å². The van der Waals surface area contributed by atoms with Gasteiger partial charge in [0.05, 0.1) is 11.6 Å². The normalized spacial score (nSPS) is 23.2. The molecule has 1 heteroatoms. The zero-order valence-corrected chi connectivity index (χ0v) is 9.83. The molecule has 2 unspecified atom stereocenters. The Kier molecular flexibility index (Phi) is 2.31. The van der Waals surface area contributed by atoms with Crippen LogP contribution in [0.15, 0.2) is 12.1 Å². The van der Waals surface area contributed by atoms with Gasteiger partial charge in [0.2, 0.25) is 0 Å². The standard InChI is InChI=1S/C14H17N/c1-8(2)12-6-5-11(7-15)13-9(3)10(4)14(12)13/h5-6,8-10H,1-4H3. The Morgan fingerprint density at radius 2 is 1.73 bits per heavy atom. The van der Waals surface area contributed by atoms with Crippen LogP contribution in [0.1, 0.15) is 67.7 Å². The van der Waals surface area contributed by atoms with E-state index in [4.69, 9.17) is 5.26 Å². The molecule has 0 aliphatic heterocycles. The fraction of sp³-hybridized carbons (Fsp3) is 0.500. The van der Waals surface area contributed by atoms with E-state index in [0.717, 1.165) is 5.56 Å². The lowest BCUT2D eigenvalue weighted by Crippen LogP contribution is -2.23. The minimum Gasteiger partial charge on any atom is -0.192 e. The molecule has 1 aliphatic rings. The van der Waals surface area contributed by atoms with E-state index in [9.17, 15) is 0 Å². The molecular weight excluding hydrogens is 182 g/mol. The predicted octanol–water partition coefficient (Wildman–Crippen LogP) is 3.90. The third kappa shape index (κ3) is 1.28. The summed E-state index contributed by atoms with van der Waals surface area (Å²) in [4.78, 5) is 0. The fourth-order valence-electron chi connectivity index (χ4n) is 2.66. The van der Waals surface area contributed by atoms with Crippen molar-refractivity contribution >= 4 is 0 Å². The molecule has 1 nitrogen and oxygen atoms in total. The van der Waals surface area contributed by atoms with Crippen LogP contribution in [0.2, 0.25) is 0 Å². The molecule has 1 aliphatic carbocycles. The van der Waals surface area contributed by atoms with Gasteiger partial charge >= 0.3 is 0 Å². The third-order valence-corrected chi connectivity index (χ3v) is 3.72. The Labute approximate surface area is 91.7 Å². The largest absolute Gasteiger partial charge is 0.192 e. The minimum absolute atomic E-state index is 0.549. The number of nitriles is 1. The van der Waals surface area contributed by atoms with Crippen molar-refractivity contribution in [1.82, 2.24) is 0 Å². The molecular formula is C14H17N. The van der Waals surface area contributed by atoms with Crippen molar-refractivity contribution in [2.75, 3.05) is 0 Å². The molecule has 0 heterocycles. The average Bonchev–Trinajstić information content (AvgIpc) is 2.25.